The lowest BCUT2D eigenvalue weighted by Gasteiger charge is -2.15. The Labute approximate surface area is 172 Å². The van der Waals surface area contributed by atoms with E-state index in [2.05, 4.69) is 112 Å². The lowest BCUT2D eigenvalue weighted by Crippen LogP contribution is -1.88. The molecule has 138 valence electrons. The van der Waals surface area contributed by atoms with Crippen molar-refractivity contribution in [3.8, 4) is 22.3 Å². The summed E-state index contributed by atoms with van der Waals surface area (Å²) in [5.41, 5.74) is 9.02. The lowest BCUT2D eigenvalue weighted by molar-refractivity contribution is 1.33. The molecular weight excluding hydrogens is 356 g/mol. The molecule has 0 saturated heterocycles. The molecule has 0 N–H and O–H groups in total. The zero-order chi connectivity index (χ0) is 19.5. The van der Waals surface area contributed by atoms with Crippen molar-refractivity contribution in [2.75, 3.05) is 0 Å². The number of rotatable bonds is 4. The normalized spacial score (nSPS) is 10.8. The quantitative estimate of drug-likeness (QED) is 0.344. The first-order valence-electron chi connectivity index (χ1n) is 9.62. The maximum absolute atomic E-state index is 2.30. The molecule has 4 aromatic rings. The lowest BCUT2D eigenvalue weighted by atomic mass is 10.0. The van der Waals surface area contributed by atoms with Crippen LogP contribution in [-0.4, -0.2) is 0 Å². The summed E-state index contributed by atoms with van der Waals surface area (Å²) in [6.07, 6.45) is 0. The van der Waals surface area contributed by atoms with Crippen LogP contribution in [0, 0.1) is 20.8 Å². The maximum Gasteiger partial charge on any atom is 0.0203 e. The van der Waals surface area contributed by atoms with Gasteiger partial charge in [0.1, 0.15) is 0 Å². The van der Waals surface area contributed by atoms with Gasteiger partial charge in [0, 0.05) is 9.79 Å². The minimum absolute atomic E-state index is 1.27. The third-order valence-electron chi connectivity index (χ3n) is 5.04. The molecule has 0 aromatic heterocycles. The molecule has 28 heavy (non-hydrogen) atoms. The van der Waals surface area contributed by atoms with Gasteiger partial charge in [0.15, 0.2) is 0 Å². The predicted molar refractivity (Wildman–Crippen MR) is 122 cm³/mol. The number of hydrogen-bond donors (Lipinski definition) is 0. The van der Waals surface area contributed by atoms with Crippen LogP contribution in [0.2, 0.25) is 0 Å². The highest BCUT2D eigenvalue weighted by Gasteiger charge is 2.12. The fourth-order valence-electron chi connectivity index (χ4n) is 3.46. The second-order valence-electron chi connectivity index (χ2n) is 7.28. The summed E-state index contributed by atoms with van der Waals surface area (Å²) >= 11 is 1.86. The third-order valence-corrected chi connectivity index (χ3v) is 6.18. The van der Waals surface area contributed by atoms with Gasteiger partial charge in [0.25, 0.3) is 0 Å². The van der Waals surface area contributed by atoms with Crippen LogP contribution in [0.1, 0.15) is 16.7 Å². The maximum atomic E-state index is 2.30. The van der Waals surface area contributed by atoms with Gasteiger partial charge in [-0.25, -0.2) is 0 Å². The van der Waals surface area contributed by atoms with Crippen molar-refractivity contribution < 1.29 is 0 Å². The number of hydrogen-bond acceptors (Lipinski definition) is 1. The second-order valence-corrected chi connectivity index (χ2v) is 8.36. The van der Waals surface area contributed by atoms with Gasteiger partial charge >= 0.3 is 0 Å². The molecule has 4 rings (SSSR count). The standard InChI is InChI=1S/C27H24S/c1-19-12-15-22(16-13-19)24-17-14-20(2)18-27(24)28-26-11-7-6-10-25(26)23-9-5-4-8-21(23)3/h4-18H,1-3H3. The Kier molecular flexibility index (Phi) is 5.36. The fourth-order valence-corrected chi connectivity index (χ4v) is 4.67. The third kappa shape index (κ3) is 3.90. The van der Waals surface area contributed by atoms with E-state index in [1.165, 1.54) is 48.7 Å². The van der Waals surface area contributed by atoms with E-state index in [9.17, 15) is 0 Å². The zero-order valence-electron chi connectivity index (χ0n) is 16.6. The molecule has 0 spiro atoms. The molecule has 0 aliphatic rings. The van der Waals surface area contributed by atoms with E-state index in [1.54, 1.807) is 0 Å². The van der Waals surface area contributed by atoms with E-state index in [4.69, 9.17) is 0 Å². The van der Waals surface area contributed by atoms with Crippen LogP contribution in [0.25, 0.3) is 22.3 Å². The molecule has 0 amide bonds. The van der Waals surface area contributed by atoms with E-state index in [-0.39, 0.29) is 0 Å². The minimum Gasteiger partial charge on any atom is -0.0888 e. The van der Waals surface area contributed by atoms with Crippen LogP contribution in [0.5, 0.6) is 0 Å². The Hall–Kier alpha value is -2.77. The van der Waals surface area contributed by atoms with Gasteiger partial charge < -0.3 is 0 Å². The minimum atomic E-state index is 1.27. The topological polar surface area (TPSA) is 0 Å². The van der Waals surface area contributed by atoms with Crippen molar-refractivity contribution in [2.24, 2.45) is 0 Å². The van der Waals surface area contributed by atoms with Crippen LogP contribution in [-0.2, 0) is 0 Å². The Balaban J connectivity index is 1.80. The van der Waals surface area contributed by atoms with Crippen LogP contribution < -0.4 is 0 Å². The highest BCUT2D eigenvalue weighted by molar-refractivity contribution is 7.99. The van der Waals surface area contributed by atoms with E-state index >= 15 is 0 Å². The van der Waals surface area contributed by atoms with Crippen LogP contribution >= 0.6 is 11.8 Å². The summed E-state index contributed by atoms with van der Waals surface area (Å²) in [6.45, 7) is 6.48. The number of benzene rings is 4. The summed E-state index contributed by atoms with van der Waals surface area (Å²) < 4.78 is 0. The first-order valence-corrected chi connectivity index (χ1v) is 10.4. The first-order chi connectivity index (χ1) is 13.6. The summed E-state index contributed by atoms with van der Waals surface area (Å²) in [5.74, 6) is 0. The van der Waals surface area contributed by atoms with E-state index < -0.39 is 0 Å². The van der Waals surface area contributed by atoms with Crippen molar-refractivity contribution in [3.63, 3.8) is 0 Å². The molecule has 0 heterocycles. The van der Waals surface area contributed by atoms with E-state index in [0.717, 1.165) is 0 Å². The van der Waals surface area contributed by atoms with Gasteiger partial charge in [0.2, 0.25) is 0 Å². The Morgan fingerprint density at radius 3 is 1.89 bits per heavy atom. The van der Waals surface area contributed by atoms with Gasteiger partial charge in [-0.15, -0.1) is 0 Å². The molecule has 4 aromatic carbocycles. The Bertz CT molecular complexity index is 1110. The van der Waals surface area contributed by atoms with Gasteiger partial charge in [-0.1, -0.05) is 96.2 Å². The molecule has 0 fully saturated rings. The molecule has 0 radical (unpaired) electrons. The van der Waals surface area contributed by atoms with Gasteiger partial charge in [-0.05, 0) is 66.3 Å². The molecule has 0 aliphatic carbocycles. The van der Waals surface area contributed by atoms with Crippen molar-refractivity contribution in [3.05, 3.63) is 108 Å². The largest absolute Gasteiger partial charge is 0.0888 e. The summed E-state index contributed by atoms with van der Waals surface area (Å²) in [5, 5.41) is 0. The highest BCUT2D eigenvalue weighted by Crippen LogP contribution is 2.41. The Morgan fingerprint density at radius 2 is 1.14 bits per heavy atom. The fraction of sp³-hybridized carbons (Fsp3) is 0.111. The highest BCUT2D eigenvalue weighted by atomic mass is 32.2. The molecule has 0 unspecified atom stereocenters. The van der Waals surface area contributed by atoms with Crippen LogP contribution in [0.3, 0.4) is 0 Å². The average molecular weight is 381 g/mol. The predicted octanol–water partition coefficient (Wildman–Crippen LogP) is 8.10. The van der Waals surface area contributed by atoms with Crippen molar-refractivity contribution in [1.29, 1.82) is 0 Å². The van der Waals surface area contributed by atoms with Crippen molar-refractivity contribution >= 4 is 11.8 Å². The van der Waals surface area contributed by atoms with Crippen molar-refractivity contribution in [1.82, 2.24) is 0 Å². The first kappa shape index (κ1) is 18.6. The molecule has 0 nitrogen and oxygen atoms in total. The van der Waals surface area contributed by atoms with E-state index in [1.807, 2.05) is 11.8 Å². The molecule has 0 saturated carbocycles. The monoisotopic (exact) mass is 380 g/mol. The molecule has 0 bridgehead atoms. The van der Waals surface area contributed by atoms with Gasteiger partial charge in [0.05, 0.1) is 0 Å². The zero-order valence-corrected chi connectivity index (χ0v) is 17.4. The van der Waals surface area contributed by atoms with Crippen molar-refractivity contribution in [2.45, 2.75) is 30.6 Å². The smallest absolute Gasteiger partial charge is 0.0203 e. The summed E-state index contributed by atoms with van der Waals surface area (Å²) in [4.78, 5) is 2.58. The van der Waals surface area contributed by atoms with E-state index in [0.29, 0.717) is 0 Å². The number of aryl methyl sites for hydroxylation is 3. The summed E-state index contributed by atoms with van der Waals surface area (Å²) in [6, 6.07) is 32.9. The molecule has 0 atom stereocenters. The molecule has 0 aliphatic heterocycles. The van der Waals surface area contributed by atoms with Crippen LogP contribution in [0.15, 0.2) is 101 Å². The van der Waals surface area contributed by atoms with Gasteiger partial charge in [-0.2, -0.15) is 0 Å². The molecule has 1 heteroatoms. The molecular formula is C27H24S. The van der Waals surface area contributed by atoms with Crippen LogP contribution in [0.4, 0.5) is 0 Å². The average Bonchev–Trinajstić information content (AvgIpc) is 2.70. The SMILES string of the molecule is Cc1ccc(-c2ccc(C)cc2Sc2ccccc2-c2ccccc2C)cc1. The van der Waals surface area contributed by atoms with Gasteiger partial charge in [-0.3, -0.25) is 0 Å². The second kappa shape index (κ2) is 8.08. The summed E-state index contributed by atoms with van der Waals surface area (Å²) in [7, 11) is 0. The Morgan fingerprint density at radius 1 is 0.500 bits per heavy atom.